The highest BCUT2D eigenvalue weighted by Gasteiger charge is 2.45. The smallest absolute Gasteiger partial charge is 0.274 e. The van der Waals surface area contributed by atoms with Crippen LogP contribution in [0.2, 0.25) is 5.02 Å². The van der Waals surface area contributed by atoms with Crippen LogP contribution >= 0.6 is 11.6 Å². The molecule has 39 heavy (non-hydrogen) atoms. The molecule has 11 heteroatoms. The molecule has 1 aromatic carbocycles. The summed E-state index contributed by atoms with van der Waals surface area (Å²) < 4.78 is 17.1. The van der Waals surface area contributed by atoms with Gasteiger partial charge in [-0.3, -0.25) is 19.1 Å². The maximum absolute atomic E-state index is 15.6. The number of hydrogen-bond acceptors (Lipinski definition) is 6. The molecule has 1 N–H and O–H groups in total. The summed E-state index contributed by atoms with van der Waals surface area (Å²) in [6.45, 7) is 5.54. The number of aromatic nitrogens is 6. The van der Waals surface area contributed by atoms with E-state index in [2.05, 4.69) is 25.7 Å². The van der Waals surface area contributed by atoms with Gasteiger partial charge in [0.15, 0.2) is 11.6 Å². The highest BCUT2D eigenvalue weighted by Crippen LogP contribution is 2.54. The van der Waals surface area contributed by atoms with Gasteiger partial charge in [0.25, 0.3) is 5.56 Å². The first-order chi connectivity index (χ1) is 18.6. The number of aryl methyl sites for hydroxylation is 3. The number of nitrogens with one attached hydrogen (secondary N) is 1. The Balaban J connectivity index is 1.35. The zero-order chi connectivity index (χ0) is 27.6. The molecule has 2 aliphatic carbocycles. The lowest BCUT2D eigenvalue weighted by Gasteiger charge is -2.17. The fraction of sp³-hybridized carbons (Fsp3) is 0.357. The van der Waals surface area contributed by atoms with Crippen molar-refractivity contribution < 1.29 is 9.18 Å². The third kappa shape index (κ3) is 4.42. The van der Waals surface area contributed by atoms with E-state index in [1.54, 1.807) is 31.4 Å². The maximum atomic E-state index is 15.6. The minimum atomic E-state index is -0.577. The fourth-order valence-corrected chi connectivity index (χ4v) is 5.27. The summed E-state index contributed by atoms with van der Waals surface area (Å²) in [5, 5.41) is 15.1. The van der Waals surface area contributed by atoms with Gasteiger partial charge in [0.1, 0.15) is 5.02 Å². The van der Waals surface area contributed by atoms with E-state index >= 15 is 4.39 Å². The number of rotatable bonds is 6. The Kier molecular flexibility index (Phi) is 5.91. The van der Waals surface area contributed by atoms with Gasteiger partial charge in [0.05, 0.1) is 24.1 Å². The number of tetrazole rings is 1. The first-order valence-electron chi connectivity index (χ1n) is 12.8. The molecule has 2 saturated carbocycles. The average Bonchev–Trinajstić information content (AvgIpc) is 3.82. The summed E-state index contributed by atoms with van der Waals surface area (Å²) in [4.78, 5) is 31.9. The second-order valence-corrected chi connectivity index (χ2v) is 11.2. The third-order valence-corrected chi connectivity index (χ3v) is 8.17. The molecule has 2 aliphatic rings. The van der Waals surface area contributed by atoms with Crippen LogP contribution in [0.4, 0.5) is 10.1 Å². The lowest BCUT2D eigenvalue weighted by Crippen LogP contribution is -2.23. The SMILES string of the molecule is Cc1cnc(-c2cccc(NC(=O)C3(C)CC3)c2F)cc1-n1c(C)cc([C@H]2C[C@@H]2c2nnn(C)n2)c(Cl)c1=O. The van der Waals surface area contributed by atoms with Crippen molar-refractivity contribution in [1.29, 1.82) is 0 Å². The van der Waals surface area contributed by atoms with E-state index in [1.807, 2.05) is 26.8 Å². The van der Waals surface area contributed by atoms with Crippen LogP contribution < -0.4 is 10.9 Å². The van der Waals surface area contributed by atoms with Crippen molar-refractivity contribution in [3.8, 4) is 16.9 Å². The van der Waals surface area contributed by atoms with E-state index in [-0.39, 0.29) is 39.6 Å². The van der Waals surface area contributed by atoms with Crippen molar-refractivity contribution in [3.63, 3.8) is 0 Å². The lowest BCUT2D eigenvalue weighted by molar-refractivity contribution is -0.120. The van der Waals surface area contributed by atoms with Gasteiger partial charge in [-0.15, -0.1) is 10.2 Å². The van der Waals surface area contributed by atoms with E-state index in [9.17, 15) is 9.59 Å². The van der Waals surface area contributed by atoms with Gasteiger partial charge in [0, 0.05) is 28.8 Å². The Labute approximate surface area is 229 Å². The van der Waals surface area contributed by atoms with Gasteiger partial charge in [-0.25, -0.2) is 4.39 Å². The Hall–Kier alpha value is -3.92. The standard InChI is InChI=1S/C28H27ClFN7O2/c1-14-13-31-21(16-6-5-7-20(24(16)30)32-27(39)28(3)8-9-28)12-22(14)37-15(2)10-18(23(29)26(37)38)17-11-19(17)25-33-35-36(4)34-25/h5-7,10,12-13,17,19H,8-9,11H2,1-4H3,(H,32,39)/t17-,19+/m1/s1. The summed E-state index contributed by atoms with van der Waals surface area (Å²) in [6.07, 6.45) is 3.97. The molecule has 2 fully saturated rings. The molecule has 200 valence electrons. The van der Waals surface area contributed by atoms with Crippen LogP contribution in [-0.4, -0.2) is 35.7 Å². The van der Waals surface area contributed by atoms with Crippen LogP contribution in [-0.2, 0) is 11.8 Å². The van der Waals surface area contributed by atoms with E-state index in [0.29, 0.717) is 22.9 Å². The van der Waals surface area contributed by atoms with Crippen molar-refractivity contribution in [1.82, 2.24) is 29.8 Å². The van der Waals surface area contributed by atoms with Gasteiger partial charge in [-0.05, 0) is 79.6 Å². The summed E-state index contributed by atoms with van der Waals surface area (Å²) in [5.74, 6) is -0.0184. The molecular formula is C28H27ClFN7O2. The molecule has 4 aromatic rings. The van der Waals surface area contributed by atoms with Crippen LogP contribution in [0, 0.1) is 25.1 Å². The quantitative estimate of drug-likeness (QED) is 0.370. The minimum absolute atomic E-state index is 0.0433. The molecular weight excluding hydrogens is 521 g/mol. The maximum Gasteiger partial charge on any atom is 0.274 e. The first kappa shape index (κ1) is 25.4. The van der Waals surface area contributed by atoms with Crippen molar-refractivity contribution in [2.24, 2.45) is 12.5 Å². The zero-order valence-corrected chi connectivity index (χ0v) is 22.8. The summed E-state index contributed by atoms with van der Waals surface area (Å²) in [6, 6.07) is 8.40. The second kappa shape index (κ2) is 9.08. The predicted octanol–water partition coefficient (Wildman–Crippen LogP) is 4.84. The fourth-order valence-electron chi connectivity index (χ4n) is 4.99. The van der Waals surface area contributed by atoms with Crippen LogP contribution in [0.15, 0.2) is 41.3 Å². The molecule has 0 bridgehead atoms. The van der Waals surface area contributed by atoms with Gasteiger partial charge in [-0.2, -0.15) is 4.80 Å². The number of halogens is 2. The summed E-state index contributed by atoms with van der Waals surface area (Å²) in [7, 11) is 1.71. The van der Waals surface area contributed by atoms with Crippen LogP contribution in [0.1, 0.15) is 60.7 Å². The van der Waals surface area contributed by atoms with E-state index in [1.165, 1.54) is 15.4 Å². The first-order valence-corrected chi connectivity index (χ1v) is 13.2. The Bertz CT molecular complexity index is 1710. The van der Waals surface area contributed by atoms with E-state index in [4.69, 9.17) is 11.6 Å². The molecule has 6 rings (SSSR count). The number of anilines is 1. The Morgan fingerprint density at radius 1 is 1.21 bits per heavy atom. The molecule has 0 unspecified atom stereocenters. The predicted molar refractivity (Wildman–Crippen MR) is 145 cm³/mol. The normalized spacial score (nSPS) is 19.1. The van der Waals surface area contributed by atoms with Gasteiger partial charge in [0.2, 0.25) is 5.91 Å². The van der Waals surface area contributed by atoms with Gasteiger partial charge in [-0.1, -0.05) is 24.6 Å². The van der Waals surface area contributed by atoms with Crippen LogP contribution in [0.25, 0.3) is 16.9 Å². The molecule has 9 nitrogen and oxygen atoms in total. The molecule has 0 spiro atoms. The zero-order valence-electron chi connectivity index (χ0n) is 22.0. The molecule has 3 aromatic heterocycles. The Morgan fingerprint density at radius 3 is 2.67 bits per heavy atom. The third-order valence-electron chi connectivity index (χ3n) is 7.79. The van der Waals surface area contributed by atoms with Gasteiger partial charge < -0.3 is 5.32 Å². The topological polar surface area (TPSA) is 108 Å². The number of amides is 1. The van der Waals surface area contributed by atoms with Crippen LogP contribution in [0.5, 0.6) is 0 Å². The largest absolute Gasteiger partial charge is 0.323 e. The number of nitrogens with zero attached hydrogens (tertiary/aromatic N) is 6. The molecule has 0 aliphatic heterocycles. The molecule has 2 atom stereocenters. The highest BCUT2D eigenvalue weighted by molar-refractivity contribution is 6.31. The molecule has 0 saturated heterocycles. The highest BCUT2D eigenvalue weighted by atomic mass is 35.5. The number of carbonyl (C=O) groups is 1. The Morgan fingerprint density at radius 2 is 1.97 bits per heavy atom. The van der Waals surface area contributed by atoms with Crippen molar-refractivity contribution in [2.45, 2.75) is 51.9 Å². The summed E-state index contributed by atoms with van der Waals surface area (Å²) in [5.41, 5.74) is 2.61. The number of hydrogen-bond donors (Lipinski definition) is 1. The van der Waals surface area contributed by atoms with E-state index in [0.717, 1.165) is 30.4 Å². The number of carbonyl (C=O) groups excluding carboxylic acids is 1. The molecule has 3 heterocycles. The molecule has 0 radical (unpaired) electrons. The minimum Gasteiger partial charge on any atom is -0.323 e. The van der Waals surface area contributed by atoms with E-state index < -0.39 is 11.2 Å². The van der Waals surface area contributed by atoms with Crippen LogP contribution in [0.3, 0.4) is 0 Å². The number of benzene rings is 1. The average molecular weight is 548 g/mol. The summed E-state index contributed by atoms with van der Waals surface area (Å²) >= 11 is 6.65. The second-order valence-electron chi connectivity index (χ2n) is 10.8. The number of pyridine rings is 2. The van der Waals surface area contributed by atoms with Crippen molar-refractivity contribution in [3.05, 3.63) is 80.4 Å². The monoisotopic (exact) mass is 547 g/mol. The van der Waals surface area contributed by atoms with Gasteiger partial charge >= 0.3 is 0 Å². The lowest BCUT2D eigenvalue weighted by atomic mass is 10.1. The molecule has 1 amide bonds. The van der Waals surface area contributed by atoms with Crippen molar-refractivity contribution >= 4 is 23.2 Å². The van der Waals surface area contributed by atoms with Crippen molar-refractivity contribution in [2.75, 3.05) is 5.32 Å².